The zero-order chi connectivity index (χ0) is 67.4. The molecule has 7 atom stereocenters. The number of imide groups is 2. The van der Waals surface area contributed by atoms with Gasteiger partial charge in [-0.15, -0.1) is 0 Å². The van der Waals surface area contributed by atoms with Crippen LogP contribution in [-0.2, 0) is 67.8 Å². The first-order chi connectivity index (χ1) is 44.3. The third kappa shape index (κ3) is 20.5. The smallest absolute Gasteiger partial charge is 0.368 e. The Morgan fingerprint density at radius 1 is 0.677 bits per heavy atom. The van der Waals surface area contributed by atoms with Gasteiger partial charge in [0.15, 0.2) is 0 Å². The van der Waals surface area contributed by atoms with Crippen molar-refractivity contribution >= 4 is 72.4 Å². The number of benzene rings is 4. The maximum Gasteiger partial charge on any atom is 0.399 e. The molecule has 502 valence electrons. The molecule has 1 saturated heterocycles. The summed E-state index contributed by atoms with van der Waals surface area (Å²) in [5.41, 5.74) is -2.97. The molecule has 1 aliphatic carbocycles. The van der Waals surface area contributed by atoms with Gasteiger partial charge in [0.25, 0.3) is 17.7 Å². The summed E-state index contributed by atoms with van der Waals surface area (Å²) < 4.78 is 47.6. The summed E-state index contributed by atoms with van der Waals surface area (Å²) in [4.78, 5) is 154. The van der Waals surface area contributed by atoms with Crippen LogP contribution in [0.25, 0.3) is 0 Å². The van der Waals surface area contributed by atoms with E-state index < -0.39 is 90.2 Å². The highest BCUT2D eigenvalue weighted by Crippen LogP contribution is 2.59. The van der Waals surface area contributed by atoms with Crippen molar-refractivity contribution in [3.8, 4) is 0 Å². The minimum absolute atomic E-state index is 0.0111. The Morgan fingerprint density at radius 2 is 1.29 bits per heavy atom. The fourth-order valence-electron chi connectivity index (χ4n) is 12.0. The van der Waals surface area contributed by atoms with Crippen LogP contribution < -0.4 is 37.2 Å². The number of anilines is 1. The van der Waals surface area contributed by atoms with Crippen LogP contribution in [0.3, 0.4) is 0 Å². The molecule has 9 N–H and O–H groups in total. The van der Waals surface area contributed by atoms with Crippen LogP contribution in [0.5, 0.6) is 0 Å². The number of ether oxygens (including phenoxy) is 1. The maximum atomic E-state index is 14.8. The fraction of sp³-hybridized carbons (Fsp3) is 0.500. The van der Waals surface area contributed by atoms with E-state index in [9.17, 15) is 71.1 Å². The number of piperidine rings is 1. The minimum Gasteiger partial charge on any atom is -0.368 e. The van der Waals surface area contributed by atoms with Crippen LogP contribution in [0, 0.1) is 17.8 Å². The third-order valence-corrected chi connectivity index (χ3v) is 18.4. The first-order valence-electron chi connectivity index (χ1n) is 32.2. The van der Waals surface area contributed by atoms with Crippen molar-refractivity contribution in [3.05, 3.63) is 136 Å². The van der Waals surface area contributed by atoms with E-state index in [1.54, 1.807) is 42.5 Å². The minimum atomic E-state index is -5.94. The normalized spacial score (nSPS) is 18.4. The number of alkyl halides is 2. The standard InChI is InChI=1S/C68H87F2N8O14P/c1-5-44-25-29-47(30-26-44)61(82)71-37-16-14-21-52(62(83)72-36-15-9-7-6-8-13-23-57(79)73-51-22-17-20-50-60(51)67(88)78(66(50)87)55-34-35-58(80)77-65(55)86)75-64(85)54(40-46-27-31-48(32-28-46)68(69,70)93(89,90)91)76-63(84)53(39-45-18-11-10-12-19-45)74-59(81)41-92-56-38-43(4)24-33-49(56)42(2)3/h10-12,17-20,22,25-32,42-43,49,52-56H,5-9,13-16,21,23-24,33-41H2,1-4H3,(H,71,82)(H,72,83)(H,73,79)(H,74,81)(H,75,85)(H,76,84)(H,77,80,86)(H2,89,90,91)/t43-,49+,52-,53-,54-,55?,56-/m0/s1. The number of hydrogen-bond acceptors (Lipinski definition) is 12. The second-order valence-electron chi connectivity index (χ2n) is 24.8. The number of fused-ring (bicyclic) bond motifs is 1. The number of nitrogens with one attached hydrogen (secondary N) is 7. The van der Waals surface area contributed by atoms with Gasteiger partial charge in [0.2, 0.25) is 41.4 Å². The van der Waals surface area contributed by atoms with Gasteiger partial charge in [-0.2, -0.15) is 8.78 Å². The van der Waals surface area contributed by atoms with Crippen LogP contribution in [0.2, 0.25) is 0 Å². The molecule has 10 amide bonds. The quantitative estimate of drug-likeness (QED) is 0.0123. The van der Waals surface area contributed by atoms with Gasteiger partial charge >= 0.3 is 13.3 Å². The molecule has 1 unspecified atom stereocenters. The van der Waals surface area contributed by atoms with Gasteiger partial charge in [-0.25, -0.2) is 0 Å². The van der Waals surface area contributed by atoms with Gasteiger partial charge < -0.3 is 46.4 Å². The molecular formula is C68H87F2N8O14P. The predicted molar refractivity (Wildman–Crippen MR) is 342 cm³/mol. The van der Waals surface area contributed by atoms with E-state index in [2.05, 4.69) is 58.0 Å². The average molecular weight is 1310 g/mol. The number of aryl methyl sites for hydroxylation is 1. The van der Waals surface area contributed by atoms with Gasteiger partial charge in [-0.3, -0.25) is 62.7 Å². The Hall–Kier alpha value is -8.05. The summed E-state index contributed by atoms with van der Waals surface area (Å²) in [6, 6.07) is 19.3. The van der Waals surface area contributed by atoms with Crippen molar-refractivity contribution in [2.45, 2.75) is 179 Å². The lowest BCUT2D eigenvalue weighted by Crippen LogP contribution is -2.58. The molecule has 4 aromatic rings. The highest BCUT2D eigenvalue weighted by atomic mass is 31.2. The highest BCUT2D eigenvalue weighted by molar-refractivity contribution is 7.52. The molecule has 0 radical (unpaired) electrons. The molecule has 0 spiro atoms. The zero-order valence-corrected chi connectivity index (χ0v) is 54.0. The van der Waals surface area contributed by atoms with Crippen LogP contribution in [-0.4, -0.2) is 124 Å². The summed E-state index contributed by atoms with van der Waals surface area (Å²) >= 11 is 0. The number of unbranched alkanes of at least 4 members (excludes halogenated alkanes) is 6. The summed E-state index contributed by atoms with van der Waals surface area (Å²) in [5, 5.41) is 19.0. The molecule has 7 rings (SSSR count). The molecule has 4 aromatic carbocycles. The van der Waals surface area contributed by atoms with Crippen LogP contribution in [0.4, 0.5) is 14.5 Å². The second-order valence-corrected chi connectivity index (χ2v) is 26.4. The van der Waals surface area contributed by atoms with Crippen LogP contribution in [0.1, 0.15) is 177 Å². The van der Waals surface area contributed by atoms with Crippen molar-refractivity contribution in [1.82, 2.24) is 36.8 Å². The van der Waals surface area contributed by atoms with Gasteiger partial charge in [0.1, 0.15) is 30.8 Å². The Kier molecular flexibility index (Phi) is 26.6. The molecular weight excluding hydrogens is 1220 g/mol. The molecule has 22 nitrogen and oxygen atoms in total. The summed E-state index contributed by atoms with van der Waals surface area (Å²) in [6.07, 6.45) is 7.73. The highest BCUT2D eigenvalue weighted by Gasteiger charge is 2.50. The van der Waals surface area contributed by atoms with Crippen molar-refractivity contribution in [2.75, 3.05) is 25.0 Å². The lowest BCUT2D eigenvalue weighted by Gasteiger charge is -2.37. The van der Waals surface area contributed by atoms with E-state index in [-0.39, 0.29) is 104 Å². The molecule has 2 fully saturated rings. The van der Waals surface area contributed by atoms with Gasteiger partial charge in [-0.1, -0.05) is 133 Å². The van der Waals surface area contributed by atoms with Crippen molar-refractivity contribution in [2.24, 2.45) is 17.8 Å². The Balaban J connectivity index is 0.987. The summed E-state index contributed by atoms with van der Waals surface area (Å²) in [6.45, 7) is 8.48. The lowest BCUT2D eigenvalue weighted by atomic mass is 9.75. The molecule has 3 aliphatic rings. The number of carbonyl (C=O) groups excluding carboxylic acids is 10. The number of hydrogen-bond donors (Lipinski definition) is 9. The van der Waals surface area contributed by atoms with E-state index in [4.69, 9.17) is 4.74 Å². The van der Waals surface area contributed by atoms with E-state index in [0.29, 0.717) is 61.5 Å². The molecule has 1 saturated carbocycles. The SMILES string of the molecule is CCc1ccc(C(=O)NCCCC[C@H](NC(=O)[C@H](Cc2ccc(C(F)(F)P(=O)(O)O)cc2)NC(=O)[C@H](Cc2ccccc2)NC(=O)CO[C@H]2C[C@@H](C)CC[C@@H]2C(C)C)C(=O)NCCCCCCCCC(=O)Nc2cccc3c2C(=O)N(C2CCC(=O)NC2=O)C3=O)cc1. The van der Waals surface area contributed by atoms with E-state index >= 15 is 0 Å². The molecule has 0 aromatic heterocycles. The topological polar surface area (TPSA) is 325 Å². The fourth-order valence-corrected chi connectivity index (χ4v) is 12.5. The number of carbonyl (C=O) groups is 10. The first-order valence-corrected chi connectivity index (χ1v) is 33.8. The molecule has 2 heterocycles. The Labute approximate surface area is 540 Å². The van der Waals surface area contributed by atoms with E-state index in [1.807, 2.05) is 19.1 Å². The van der Waals surface area contributed by atoms with Crippen molar-refractivity contribution in [1.29, 1.82) is 0 Å². The summed E-state index contributed by atoms with van der Waals surface area (Å²) in [7, 11) is -5.94. The molecule has 0 bridgehead atoms. The average Bonchev–Trinajstić information content (AvgIpc) is 1.59. The first kappa shape index (κ1) is 72.4. The number of nitrogens with zero attached hydrogens (tertiary/aromatic N) is 1. The Morgan fingerprint density at radius 3 is 1.95 bits per heavy atom. The van der Waals surface area contributed by atoms with Crippen LogP contribution >= 0.6 is 7.60 Å². The van der Waals surface area contributed by atoms with Gasteiger partial charge in [0, 0.05) is 49.9 Å². The third-order valence-electron chi connectivity index (χ3n) is 17.4. The van der Waals surface area contributed by atoms with E-state index in [0.717, 1.165) is 73.3 Å². The van der Waals surface area contributed by atoms with Crippen molar-refractivity contribution in [3.63, 3.8) is 0 Å². The maximum absolute atomic E-state index is 14.8. The number of amides is 10. The lowest BCUT2D eigenvalue weighted by molar-refractivity contribution is -0.136. The van der Waals surface area contributed by atoms with Crippen LogP contribution in [0.15, 0.2) is 97.1 Å². The number of rotatable bonds is 34. The molecule has 25 heteroatoms. The summed E-state index contributed by atoms with van der Waals surface area (Å²) in [5.74, 6) is -5.17. The monoisotopic (exact) mass is 1310 g/mol. The van der Waals surface area contributed by atoms with E-state index in [1.165, 1.54) is 18.2 Å². The number of halogens is 2. The van der Waals surface area contributed by atoms with Crippen molar-refractivity contribution < 1.29 is 75.8 Å². The van der Waals surface area contributed by atoms with Gasteiger partial charge in [-0.05, 0) is 116 Å². The molecule has 2 aliphatic heterocycles. The Bertz CT molecular complexity index is 3350. The zero-order valence-electron chi connectivity index (χ0n) is 53.1. The largest absolute Gasteiger partial charge is 0.399 e. The predicted octanol–water partition coefficient (Wildman–Crippen LogP) is 7.68. The molecule has 93 heavy (non-hydrogen) atoms. The van der Waals surface area contributed by atoms with Gasteiger partial charge in [0.05, 0.1) is 22.9 Å². The second kappa shape index (κ2) is 34.2.